The molecule has 0 spiro atoms. The number of esters is 1. The molecule has 0 aliphatic carbocycles. The van der Waals surface area contributed by atoms with Crippen LogP contribution in [-0.2, 0) is 21.3 Å². The fourth-order valence-electron chi connectivity index (χ4n) is 3.94. The maximum atomic E-state index is 15.0. The van der Waals surface area contributed by atoms with E-state index in [1.807, 2.05) is 0 Å². The van der Waals surface area contributed by atoms with E-state index < -0.39 is 18.0 Å². The quantitative estimate of drug-likeness (QED) is 0.416. The SMILES string of the molecule is CC[NH+](CC)CCC(=O)OC[C@H]1CN(c2ccc(-c3ccc(-c4nnn(C)n4)nc3)c(F)c2)C(=O)O1. The molecule has 190 valence electrons. The predicted octanol–water partition coefficient (Wildman–Crippen LogP) is 1.26. The van der Waals surface area contributed by atoms with Crippen molar-refractivity contribution >= 4 is 17.7 Å². The van der Waals surface area contributed by atoms with Crippen LogP contribution >= 0.6 is 0 Å². The van der Waals surface area contributed by atoms with Gasteiger partial charge < -0.3 is 14.4 Å². The minimum absolute atomic E-state index is 0.0338. The van der Waals surface area contributed by atoms with Gasteiger partial charge in [-0.1, -0.05) is 6.07 Å². The summed E-state index contributed by atoms with van der Waals surface area (Å²) >= 11 is 0. The van der Waals surface area contributed by atoms with Crippen molar-refractivity contribution in [1.82, 2.24) is 25.2 Å². The van der Waals surface area contributed by atoms with Crippen LogP contribution in [0.15, 0.2) is 36.5 Å². The van der Waals surface area contributed by atoms with Gasteiger partial charge in [0.1, 0.15) is 18.1 Å². The van der Waals surface area contributed by atoms with E-state index in [9.17, 15) is 14.0 Å². The smallest absolute Gasteiger partial charge is 0.414 e. The van der Waals surface area contributed by atoms with Gasteiger partial charge in [0, 0.05) is 17.3 Å². The molecule has 1 saturated heterocycles. The lowest BCUT2D eigenvalue weighted by Gasteiger charge is -2.15. The first-order valence-corrected chi connectivity index (χ1v) is 11.9. The summed E-state index contributed by atoms with van der Waals surface area (Å²) in [5.74, 6) is -0.465. The molecule has 1 aromatic carbocycles. The number of tetrazole rings is 1. The molecule has 1 aliphatic rings. The van der Waals surface area contributed by atoms with Gasteiger partial charge >= 0.3 is 12.1 Å². The molecule has 11 nitrogen and oxygen atoms in total. The van der Waals surface area contributed by atoms with Crippen molar-refractivity contribution in [3.8, 4) is 22.6 Å². The van der Waals surface area contributed by atoms with E-state index in [0.717, 1.165) is 13.1 Å². The summed E-state index contributed by atoms with van der Waals surface area (Å²) in [6.07, 6.45) is 0.605. The Morgan fingerprint density at radius 1 is 1.25 bits per heavy atom. The highest BCUT2D eigenvalue weighted by Gasteiger charge is 2.33. The molecule has 0 radical (unpaired) electrons. The van der Waals surface area contributed by atoms with E-state index in [4.69, 9.17) is 9.47 Å². The molecular weight excluding hydrogens is 469 g/mol. The van der Waals surface area contributed by atoms with Crippen molar-refractivity contribution in [2.24, 2.45) is 7.05 Å². The van der Waals surface area contributed by atoms with Gasteiger partial charge in [-0.2, -0.15) is 4.80 Å². The van der Waals surface area contributed by atoms with Gasteiger partial charge in [-0.3, -0.25) is 14.7 Å². The molecule has 3 heterocycles. The number of rotatable bonds is 10. The fraction of sp³-hybridized carbons (Fsp3) is 0.417. The minimum atomic E-state index is -0.614. The molecule has 2 aromatic heterocycles. The van der Waals surface area contributed by atoms with E-state index in [-0.39, 0.29) is 19.1 Å². The zero-order valence-electron chi connectivity index (χ0n) is 20.5. The second-order valence-corrected chi connectivity index (χ2v) is 8.46. The van der Waals surface area contributed by atoms with Crippen LogP contribution in [0.25, 0.3) is 22.6 Å². The van der Waals surface area contributed by atoms with Gasteiger partial charge in [0.2, 0.25) is 5.82 Å². The number of benzene rings is 1. The molecule has 1 fully saturated rings. The second kappa shape index (κ2) is 11.2. The Bertz CT molecular complexity index is 1210. The van der Waals surface area contributed by atoms with E-state index >= 15 is 0 Å². The molecule has 4 rings (SSSR count). The van der Waals surface area contributed by atoms with Gasteiger partial charge in [-0.05, 0) is 43.3 Å². The Kier molecular flexibility index (Phi) is 7.84. The first kappa shape index (κ1) is 25.2. The molecule has 0 bridgehead atoms. The van der Waals surface area contributed by atoms with Gasteiger partial charge in [0.05, 0.1) is 45.3 Å². The topological polar surface area (TPSA) is 117 Å². The van der Waals surface area contributed by atoms with Gasteiger partial charge in [-0.25, -0.2) is 9.18 Å². The monoisotopic (exact) mass is 498 g/mol. The lowest BCUT2D eigenvalue weighted by Crippen LogP contribution is -3.11. The molecule has 12 heteroatoms. The Morgan fingerprint density at radius 2 is 2.06 bits per heavy atom. The first-order chi connectivity index (χ1) is 17.4. The second-order valence-electron chi connectivity index (χ2n) is 8.46. The number of nitrogens with one attached hydrogen (secondary N) is 1. The zero-order valence-corrected chi connectivity index (χ0v) is 20.5. The highest BCUT2D eigenvalue weighted by Crippen LogP contribution is 2.29. The van der Waals surface area contributed by atoms with Crippen molar-refractivity contribution in [3.05, 3.63) is 42.3 Å². The number of cyclic esters (lactones) is 1. The number of aromatic nitrogens is 5. The van der Waals surface area contributed by atoms with Crippen LogP contribution in [0.5, 0.6) is 0 Å². The number of quaternary nitrogens is 1. The summed E-state index contributed by atoms with van der Waals surface area (Å²) in [6.45, 7) is 6.84. The number of nitrogens with zero attached hydrogens (tertiary/aromatic N) is 6. The zero-order chi connectivity index (χ0) is 25.7. The number of aryl methyl sites for hydroxylation is 1. The average Bonchev–Trinajstić information content (AvgIpc) is 3.48. The molecule has 0 saturated carbocycles. The van der Waals surface area contributed by atoms with Crippen LogP contribution in [0.2, 0.25) is 0 Å². The van der Waals surface area contributed by atoms with Gasteiger partial charge in [0.25, 0.3) is 0 Å². The lowest BCUT2D eigenvalue weighted by molar-refractivity contribution is -0.895. The van der Waals surface area contributed by atoms with Crippen molar-refractivity contribution in [3.63, 3.8) is 0 Å². The maximum Gasteiger partial charge on any atom is 0.414 e. The van der Waals surface area contributed by atoms with Crippen molar-refractivity contribution in [2.75, 3.05) is 37.7 Å². The van der Waals surface area contributed by atoms with Gasteiger partial charge in [-0.15, -0.1) is 10.2 Å². The summed E-state index contributed by atoms with van der Waals surface area (Å²) in [5, 5.41) is 11.8. The Balaban J connectivity index is 1.35. The van der Waals surface area contributed by atoms with Crippen molar-refractivity contribution in [1.29, 1.82) is 0 Å². The van der Waals surface area contributed by atoms with E-state index in [2.05, 4.69) is 34.2 Å². The molecular formula is C24H29FN7O4+. The number of hydrogen-bond acceptors (Lipinski definition) is 8. The van der Waals surface area contributed by atoms with Crippen LogP contribution < -0.4 is 9.80 Å². The van der Waals surface area contributed by atoms with Crippen LogP contribution in [0.4, 0.5) is 14.9 Å². The standard InChI is InChI=1S/C24H28FN7O4/c1-4-31(5-2)11-10-22(33)35-15-18-14-32(24(34)36-18)17-7-8-19(20(25)12-17)16-6-9-21(26-13-16)23-27-29-30(3)28-23/h6-9,12-13,18H,4-5,10-11,14-15H2,1-3H3/p+1/t18-/m1/s1. The molecule has 3 aromatic rings. The molecule has 1 amide bonds. The molecule has 1 atom stereocenters. The van der Waals surface area contributed by atoms with Crippen molar-refractivity contribution in [2.45, 2.75) is 26.4 Å². The number of carbonyl (C=O) groups is 2. The number of ether oxygens (including phenoxy) is 2. The minimum Gasteiger partial charge on any atom is -0.461 e. The Hall–Kier alpha value is -3.93. The predicted molar refractivity (Wildman–Crippen MR) is 128 cm³/mol. The summed E-state index contributed by atoms with van der Waals surface area (Å²) in [4.78, 5) is 32.7. The lowest BCUT2D eigenvalue weighted by atomic mass is 10.1. The molecule has 1 N–H and O–H groups in total. The molecule has 1 aliphatic heterocycles. The number of halogens is 1. The summed E-state index contributed by atoms with van der Waals surface area (Å²) < 4.78 is 25.6. The average molecular weight is 499 g/mol. The Labute approximate surface area is 207 Å². The van der Waals surface area contributed by atoms with E-state index in [1.54, 1.807) is 31.3 Å². The van der Waals surface area contributed by atoms with Crippen LogP contribution in [0.3, 0.4) is 0 Å². The van der Waals surface area contributed by atoms with Gasteiger partial charge in [0.15, 0.2) is 6.10 Å². The summed E-state index contributed by atoms with van der Waals surface area (Å²) in [6, 6.07) is 7.90. The summed E-state index contributed by atoms with van der Waals surface area (Å²) in [5.41, 5.74) is 1.77. The molecule has 0 unspecified atom stereocenters. The number of anilines is 1. The third-order valence-electron chi connectivity index (χ3n) is 6.06. The normalized spacial score (nSPS) is 15.4. The number of pyridine rings is 1. The van der Waals surface area contributed by atoms with Crippen LogP contribution in [-0.4, -0.2) is 76.1 Å². The maximum absolute atomic E-state index is 15.0. The summed E-state index contributed by atoms with van der Waals surface area (Å²) in [7, 11) is 1.65. The first-order valence-electron chi connectivity index (χ1n) is 11.9. The highest BCUT2D eigenvalue weighted by atomic mass is 19.1. The number of hydrogen-bond donors (Lipinski definition) is 1. The van der Waals surface area contributed by atoms with E-state index in [1.165, 1.54) is 26.9 Å². The van der Waals surface area contributed by atoms with Crippen LogP contribution in [0.1, 0.15) is 20.3 Å². The van der Waals surface area contributed by atoms with Crippen LogP contribution in [0, 0.1) is 5.82 Å². The number of carbonyl (C=O) groups excluding carboxylic acids is 2. The highest BCUT2D eigenvalue weighted by molar-refractivity contribution is 5.90. The Morgan fingerprint density at radius 3 is 2.69 bits per heavy atom. The number of amides is 1. The largest absolute Gasteiger partial charge is 0.461 e. The third-order valence-corrected chi connectivity index (χ3v) is 6.06. The fourth-order valence-corrected chi connectivity index (χ4v) is 3.94. The third kappa shape index (κ3) is 5.82. The van der Waals surface area contributed by atoms with E-state index in [0.29, 0.717) is 41.3 Å². The molecule has 36 heavy (non-hydrogen) atoms. The van der Waals surface area contributed by atoms with Crippen molar-refractivity contribution < 1.29 is 28.4 Å².